The van der Waals surface area contributed by atoms with Crippen molar-refractivity contribution in [1.29, 1.82) is 0 Å². The number of aromatic nitrogens is 2. The molecule has 2 N–H and O–H groups in total. The Bertz CT molecular complexity index is 1800. The number of para-hydroxylation sites is 2. The smallest absolute Gasteiger partial charge is 0.230 e. The lowest BCUT2D eigenvalue weighted by Gasteiger charge is -2.21. The van der Waals surface area contributed by atoms with Crippen LogP contribution in [0.2, 0.25) is 5.02 Å². The third-order valence-electron chi connectivity index (χ3n) is 6.18. The average Bonchev–Trinajstić information content (AvgIpc) is 2.98. The van der Waals surface area contributed by atoms with Gasteiger partial charge in [0, 0.05) is 34.6 Å². The summed E-state index contributed by atoms with van der Waals surface area (Å²) in [7, 11) is -0.176. The zero-order valence-electron chi connectivity index (χ0n) is 22.6. The molecule has 0 unspecified atom stereocenters. The minimum atomic E-state index is -3.24. The van der Waals surface area contributed by atoms with Gasteiger partial charge in [0.1, 0.15) is 11.5 Å². The van der Waals surface area contributed by atoms with Crippen LogP contribution in [0.15, 0.2) is 91.0 Å². The van der Waals surface area contributed by atoms with Crippen molar-refractivity contribution in [2.24, 2.45) is 0 Å². The molecule has 5 rings (SSSR count). The highest BCUT2D eigenvalue weighted by atomic mass is 35.5. The lowest BCUT2D eigenvalue weighted by molar-refractivity contribution is -0.115. The lowest BCUT2D eigenvalue weighted by Crippen LogP contribution is -2.19. The number of fused-ring (bicyclic) bond motifs is 1. The molecule has 0 spiro atoms. The Morgan fingerprint density at radius 3 is 2.14 bits per heavy atom. The molecule has 0 fully saturated rings. The summed E-state index contributed by atoms with van der Waals surface area (Å²) in [6.07, 6.45) is 0.120. The zero-order valence-corrected chi connectivity index (χ0v) is 24.2. The number of ether oxygens (including phenoxy) is 2. The van der Waals surface area contributed by atoms with Crippen LogP contribution >= 0.6 is 11.6 Å². The molecular weight excluding hydrogens is 578 g/mol. The number of halogens is 1. The number of amides is 1. The van der Waals surface area contributed by atoms with Gasteiger partial charge in [-0.25, -0.2) is 22.7 Å². The molecule has 4 aromatic carbocycles. The van der Waals surface area contributed by atoms with E-state index in [9.17, 15) is 13.2 Å². The van der Waals surface area contributed by atoms with Crippen molar-refractivity contribution < 1.29 is 22.7 Å². The van der Waals surface area contributed by atoms with Gasteiger partial charge in [0.05, 0.1) is 37.4 Å². The van der Waals surface area contributed by atoms with E-state index in [0.717, 1.165) is 9.87 Å². The Hall–Kier alpha value is -4.87. The normalized spacial score (nSPS) is 10.9. The number of rotatable bonds is 10. The SMILES string of the molecule is COc1cc(Nc2nc3ccccc3nc2N(c2cccc(NC(=O)Cc3ccc(Cl)cc3)c2)[SH](=O)=O)cc(OC)c1. The molecule has 5 aromatic rings. The van der Waals surface area contributed by atoms with Crippen LogP contribution in [0.1, 0.15) is 5.56 Å². The van der Waals surface area contributed by atoms with E-state index in [1.807, 2.05) is 6.07 Å². The van der Waals surface area contributed by atoms with Crippen molar-refractivity contribution in [3.05, 3.63) is 102 Å². The number of benzene rings is 4. The van der Waals surface area contributed by atoms with Gasteiger partial charge in [-0.1, -0.05) is 41.9 Å². The van der Waals surface area contributed by atoms with Crippen molar-refractivity contribution in [2.45, 2.75) is 6.42 Å². The molecule has 214 valence electrons. The minimum absolute atomic E-state index is 0.0382. The van der Waals surface area contributed by atoms with Gasteiger partial charge in [0.15, 0.2) is 11.6 Å². The van der Waals surface area contributed by atoms with E-state index in [1.165, 1.54) is 14.2 Å². The van der Waals surface area contributed by atoms with Crippen LogP contribution in [-0.2, 0) is 22.1 Å². The van der Waals surface area contributed by atoms with Crippen molar-refractivity contribution >= 4 is 68.1 Å². The highest BCUT2D eigenvalue weighted by Gasteiger charge is 2.21. The predicted molar refractivity (Wildman–Crippen MR) is 165 cm³/mol. The summed E-state index contributed by atoms with van der Waals surface area (Å²) in [5, 5.41) is 6.58. The molecule has 0 saturated carbocycles. The first-order valence-electron chi connectivity index (χ1n) is 12.7. The van der Waals surface area contributed by atoms with Gasteiger partial charge >= 0.3 is 0 Å². The lowest BCUT2D eigenvalue weighted by atomic mass is 10.1. The molecule has 0 aliphatic rings. The molecule has 0 atom stereocenters. The Morgan fingerprint density at radius 2 is 1.50 bits per heavy atom. The van der Waals surface area contributed by atoms with E-state index in [4.69, 9.17) is 26.1 Å². The van der Waals surface area contributed by atoms with E-state index in [2.05, 4.69) is 15.6 Å². The number of hydrogen-bond acceptors (Lipinski definition) is 8. The van der Waals surface area contributed by atoms with Gasteiger partial charge in [-0.3, -0.25) is 4.79 Å². The second-order valence-corrected chi connectivity index (χ2v) is 10.4. The van der Waals surface area contributed by atoms with Crippen LogP contribution in [0, 0.1) is 0 Å². The number of carbonyl (C=O) groups is 1. The van der Waals surface area contributed by atoms with E-state index < -0.39 is 10.9 Å². The van der Waals surface area contributed by atoms with Gasteiger partial charge < -0.3 is 20.1 Å². The maximum absolute atomic E-state index is 12.8. The van der Waals surface area contributed by atoms with E-state index >= 15 is 0 Å². The van der Waals surface area contributed by atoms with E-state index in [0.29, 0.717) is 38.9 Å². The molecule has 1 aromatic heterocycles. The Balaban J connectivity index is 1.52. The largest absolute Gasteiger partial charge is 0.497 e. The van der Waals surface area contributed by atoms with Crippen LogP contribution in [0.25, 0.3) is 11.0 Å². The van der Waals surface area contributed by atoms with Crippen molar-refractivity contribution in [3.63, 3.8) is 0 Å². The van der Waals surface area contributed by atoms with Crippen LogP contribution in [0.5, 0.6) is 11.5 Å². The Kier molecular flexibility index (Phi) is 8.70. The molecular formula is C30H26ClN5O5S. The summed E-state index contributed by atoms with van der Waals surface area (Å²) in [6, 6.07) is 25.7. The molecule has 0 aliphatic heterocycles. The highest BCUT2D eigenvalue weighted by molar-refractivity contribution is 7.74. The van der Waals surface area contributed by atoms with E-state index in [-0.39, 0.29) is 29.7 Å². The topological polar surface area (TPSA) is 123 Å². The number of carbonyl (C=O) groups excluding carboxylic acids is 1. The number of nitrogens with one attached hydrogen (secondary N) is 2. The first-order chi connectivity index (χ1) is 20.3. The maximum atomic E-state index is 12.8. The van der Waals surface area contributed by atoms with Crippen LogP contribution in [0.3, 0.4) is 0 Å². The molecule has 12 heteroatoms. The van der Waals surface area contributed by atoms with Gasteiger partial charge in [0.25, 0.3) is 0 Å². The standard InChI is InChI=1S/C30H26ClN5O5S/c1-40-24-16-22(17-25(18-24)41-2)33-29-30(35-27-9-4-3-8-26(27)34-29)36(42(38)39)23-7-5-6-21(15-23)32-28(37)14-19-10-12-20(31)13-11-19/h3-13,15-18,42H,14H2,1-2H3,(H,32,37)(H,33,34). The molecule has 0 bridgehead atoms. The zero-order chi connectivity index (χ0) is 29.6. The maximum Gasteiger partial charge on any atom is 0.230 e. The molecule has 42 heavy (non-hydrogen) atoms. The van der Waals surface area contributed by atoms with Crippen LogP contribution in [-0.4, -0.2) is 38.5 Å². The van der Waals surface area contributed by atoms with Gasteiger partial charge in [-0.15, -0.1) is 0 Å². The Labute approximate surface area is 249 Å². The first-order valence-corrected chi connectivity index (χ1v) is 14.2. The van der Waals surface area contributed by atoms with Gasteiger partial charge in [0.2, 0.25) is 16.8 Å². The molecule has 10 nitrogen and oxygen atoms in total. The summed E-state index contributed by atoms with van der Waals surface area (Å²) in [5.74, 6) is 1.01. The number of methoxy groups -OCH3 is 2. The van der Waals surface area contributed by atoms with E-state index in [1.54, 1.807) is 84.9 Å². The number of thiol groups is 1. The number of anilines is 5. The third kappa shape index (κ3) is 6.70. The predicted octanol–water partition coefficient (Wildman–Crippen LogP) is 5.89. The first kappa shape index (κ1) is 28.7. The summed E-state index contributed by atoms with van der Waals surface area (Å²) >= 11 is 5.94. The second kappa shape index (κ2) is 12.8. The van der Waals surface area contributed by atoms with Gasteiger partial charge in [-0.05, 0) is 48.0 Å². The molecule has 1 amide bonds. The van der Waals surface area contributed by atoms with Gasteiger partial charge in [-0.2, -0.15) is 0 Å². The Morgan fingerprint density at radius 1 is 0.833 bits per heavy atom. The number of hydrogen-bond donors (Lipinski definition) is 3. The number of nitrogens with zero attached hydrogens (tertiary/aromatic N) is 3. The van der Waals surface area contributed by atoms with Crippen molar-refractivity contribution in [1.82, 2.24) is 9.97 Å². The van der Waals surface area contributed by atoms with Crippen LogP contribution in [0.4, 0.5) is 28.7 Å². The molecule has 0 saturated heterocycles. The molecule has 0 aliphatic carbocycles. The summed E-state index contributed by atoms with van der Waals surface area (Å²) in [5.41, 5.74) is 3.05. The van der Waals surface area contributed by atoms with Crippen molar-refractivity contribution in [2.75, 3.05) is 29.2 Å². The fourth-order valence-electron chi connectivity index (χ4n) is 4.24. The second-order valence-electron chi connectivity index (χ2n) is 9.06. The molecule has 1 heterocycles. The quantitative estimate of drug-likeness (QED) is 0.169. The summed E-state index contributed by atoms with van der Waals surface area (Å²) < 4.78 is 37.3. The minimum Gasteiger partial charge on any atom is -0.497 e. The fourth-order valence-corrected chi connectivity index (χ4v) is 4.97. The average molecular weight is 604 g/mol. The summed E-state index contributed by atoms with van der Waals surface area (Å²) in [6.45, 7) is 0. The summed E-state index contributed by atoms with van der Waals surface area (Å²) in [4.78, 5) is 22.1. The monoisotopic (exact) mass is 603 g/mol. The van der Waals surface area contributed by atoms with Crippen LogP contribution < -0.4 is 24.4 Å². The van der Waals surface area contributed by atoms with Crippen molar-refractivity contribution in [3.8, 4) is 11.5 Å². The molecule has 0 radical (unpaired) electrons. The highest BCUT2D eigenvalue weighted by Crippen LogP contribution is 2.35. The fraction of sp³-hybridized carbons (Fsp3) is 0.100. The third-order valence-corrected chi connectivity index (χ3v) is 7.18.